The molecule has 4 aromatic rings. The highest BCUT2D eigenvalue weighted by Gasteiger charge is 2.30. The van der Waals surface area contributed by atoms with Gasteiger partial charge >= 0.3 is 6.09 Å². The van der Waals surface area contributed by atoms with E-state index in [0.29, 0.717) is 48.2 Å². The van der Waals surface area contributed by atoms with Crippen molar-refractivity contribution in [2.24, 2.45) is 0 Å². The maximum Gasteiger partial charge on any atom is 0.410 e. The van der Waals surface area contributed by atoms with Crippen LogP contribution in [0.5, 0.6) is 11.5 Å². The third-order valence-electron chi connectivity index (χ3n) is 5.96. The summed E-state index contributed by atoms with van der Waals surface area (Å²) in [5, 5.41) is 4.66. The zero-order valence-corrected chi connectivity index (χ0v) is 21.8. The molecule has 2 amide bonds. The van der Waals surface area contributed by atoms with Crippen molar-refractivity contribution in [3.8, 4) is 22.1 Å². The van der Waals surface area contributed by atoms with Crippen LogP contribution in [0.2, 0.25) is 0 Å². The highest BCUT2D eigenvalue weighted by Crippen LogP contribution is 2.46. The van der Waals surface area contributed by atoms with Gasteiger partial charge < -0.3 is 24.4 Å². The molecule has 1 N–H and O–H groups in total. The Kier molecular flexibility index (Phi) is 6.80. The monoisotopic (exact) mass is 523 g/mol. The predicted molar refractivity (Wildman–Crippen MR) is 142 cm³/mol. The van der Waals surface area contributed by atoms with E-state index in [1.165, 1.54) is 18.4 Å². The van der Waals surface area contributed by atoms with Crippen LogP contribution in [0.25, 0.3) is 20.8 Å². The average molecular weight is 524 g/mol. The number of thiophene rings is 1. The number of nitrogens with zero attached hydrogens (tertiary/aromatic N) is 2. The minimum atomic E-state index is -0.325. The number of amides is 2. The zero-order chi connectivity index (χ0) is 25.2. The van der Waals surface area contributed by atoms with Crippen LogP contribution in [0.3, 0.4) is 0 Å². The van der Waals surface area contributed by atoms with Gasteiger partial charge in [-0.25, -0.2) is 9.78 Å². The van der Waals surface area contributed by atoms with Crippen molar-refractivity contribution < 1.29 is 23.8 Å². The van der Waals surface area contributed by atoms with Gasteiger partial charge in [0.15, 0.2) is 11.5 Å². The van der Waals surface area contributed by atoms with E-state index >= 15 is 0 Å². The number of ether oxygens (including phenoxy) is 3. The lowest BCUT2D eigenvalue weighted by molar-refractivity contribution is 0.102. The Bertz CT molecular complexity index is 1410. The molecule has 5 rings (SSSR count). The second-order valence-corrected chi connectivity index (χ2v) is 10.2. The highest BCUT2D eigenvalue weighted by molar-refractivity contribution is 7.23. The molecule has 2 aromatic carbocycles. The molecule has 0 saturated carbocycles. The Labute approximate surface area is 216 Å². The molecular weight excluding hydrogens is 498 g/mol. The minimum Gasteiger partial charge on any atom is -0.493 e. The van der Waals surface area contributed by atoms with E-state index in [-0.39, 0.29) is 12.0 Å². The van der Waals surface area contributed by atoms with E-state index in [0.717, 1.165) is 31.2 Å². The lowest BCUT2D eigenvalue weighted by Crippen LogP contribution is -2.35. The molecule has 0 unspecified atom stereocenters. The number of thiazole rings is 1. The summed E-state index contributed by atoms with van der Waals surface area (Å²) in [5.74, 6) is 0.765. The number of carbonyl (C=O) groups excluding carboxylic acids is 2. The second-order valence-electron chi connectivity index (χ2n) is 8.09. The Balaban J connectivity index is 1.54. The molecule has 1 aliphatic heterocycles. The predicted octanol–water partition coefficient (Wildman–Crippen LogP) is 5.81. The van der Waals surface area contributed by atoms with Crippen molar-refractivity contribution in [2.75, 3.05) is 32.7 Å². The first-order chi connectivity index (χ1) is 17.5. The highest BCUT2D eigenvalue weighted by atomic mass is 32.1. The maximum atomic E-state index is 13.3. The van der Waals surface area contributed by atoms with Gasteiger partial charge in [-0.1, -0.05) is 12.1 Å². The number of nitrogens with one attached hydrogen (secondary N) is 1. The summed E-state index contributed by atoms with van der Waals surface area (Å²) in [5.41, 5.74) is 3.40. The van der Waals surface area contributed by atoms with Crippen LogP contribution < -0.4 is 14.8 Å². The third kappa shape index (κ3) is 4.49. The van der Waals surface area contributed by atoms with Crippen LogP contribution >= 0.6 is 22.7 Å². The van der Waals surface area contributed by atoms with Gasteiger partial charge in [0.05, 0.1) is 37.6 Å². The van der Waals surface area contributed by atoms with E-state index in [1.54, 1.807) is 48.5 Å². The van der Waals surface area contributed by atoms with Crippen molar-refractivity contribution >= 4 is 49.9 Å². The van der Waals surface area contributed by atoms with Gasteiger partial charge in [-0.05, 0) is 49.2 Å². The van der Waals surface area contributed by atoms with Crippen molar-refractivity contribution in [3.05, 3.63) is 58.5 Å². The first-order valence-electron chi connectivity index (χ1n) is 11.5. The number of hydrogen-bond donors (Lipinski definition) is 1. The molecule has 0 bridgehead atoms. The van der Waals surface area contributed by atoms with Crippen LogP contribution in [0.15, 0.2) is 42.5 Å². The maximum absolute atomic E-state index is 13.3. The summed E-state index contributed by atoms with van der Waals surface area (Å²) in [6, 6.07) is 13.0. The molecule has 0 atom stereocenters. The molecule has 8 nitrogen and oxygen atoms in total. The molecule has 36 heavy (non-hydrogen) atoms. The number of rotatable bonds is 6. The van der Waals surface area contributed by atoms with Crippen LogP contribution in [0.4, 0.5) is 9.80 Å². The number of para-hydroxylation sites is 1. The Morgan fingerprint density at radius 3 is 2.64 bits per heavy atom. The van der Waals surface area contributed by atoms with E-state index in [4.69, 9.17) is 19.2 Å². The fourth-order valence-electron chi connectivity index (χ4n) is 4.22. The van der Waals surface area contributed by atoms with Gasteiger partial charge in [0.25, 0.3) is 5.91 Å². The van der Waals surface area contributed by atoms with Gasteiger partial charge in [0, 0.05) is 22.5 Å². The van der Waals surface area contributed by atoms with Gasteiger partial charge in [0.1, 0.15) is 10.0 Å². The average Bonchev–Trinajstić information content (AvgIpc) is 3.48. The van der Waals surface area contributed by atoms with Gasteiger partial charge in [-0.2, -0.15) is 0 Å². The number of hydrogen-bond acceptors (Lipinski definition) is 8. The molecule has 0 radical (unpaired) electrons. The number of fused-ring (bicyclic) bond motifs is 2. The number of anilines is 1. The molecule has 186 valence electrons. The molecule has 0 aliphatic carbocycles. The quantitative estimate of drug-likeness (QED) is 0.343. The number of methoxy groups -OCH3 is 2. The minimum absolute atomic E-state index is 0.265. The molecule has 0 saturated heterocycles. The molecule has 3 heterocycles. The molecule has 0 fully saturated rings. The van der Waals surface area contributed by atoms with Crippen LogP contribution in [-0.4, -0.2) is 49.3 Å². The summed E-state index contributed by atoms with van der Waals surface area (Å²) < 4.78 is 16.9. The largest absolute Gasteiger partial charge is 0.493 e. The normalized spacial score (nSPS) is 12.8. The molecular formula is C26H25N3O5S2. The Morgan fingerprint density at radius 1 is 1.08 bits per heavy atom. The first kappa shape index (κ1) is 24.1. The van der Waals surface area contributed by atoms with Crippen molar-refractivity contribution in [3.63, 3.8) is 0 Å². The SMILES string of the molecule is CCOC(=O)N1CCc2c(sc(NC(=O)c3ccc(OC)c(OC)c3)c2-c2nc3ccccc3s2)C1. The summed E-state index contributed by atoms with van der Waals surface area (Å²) in [7, 11) is 3.09. The molecule has 2 aromatic heterocycles. The summed E-state index contributed by atoms with van der Waals surface area (Å²) >= 11 is 3.07. The molecule has 0 spiro atoms. The fraction of sp³-hybridized carbons (Fsp3) is 0.269. The Morgan fingerprint density at radius 2 is 1.89 bits per heavy atom. The first-order valence-corrected chi connectivity index (χ1v) is 13.1. The smallest absolute Gasteiger partial charge is 0.410 e. The lowest BCUT2D eigenvalue weighted by atomic mass is 10.0. The number of carbonyl (C=O) groups is 2. The van der Waals surface area contributed by atoms with Crippen LogP contribution in [0.1, 0.15) is 27.7 Å². The van der Waals surface area contributed by atoms with Crippen molar-refractivity contribution in [1.29, 1.82) is 0 Å². The van der Waals surface area contributed by atoms with E-state index < -0.39 is 0 Å². The van der Waals surface area contributed by atoms with Crippen LogP contribution in [0, 0.1) is 0 Å². The van der Waals surface area contributed by atoms with Crippen LogP contribution in [-0.2, 0) is 17.7 Å². The summed E-state index contributed by atoms with van der Waals surface area (Å²) in [6.45, 7) is 3.11. The second kappa shape index (κ2) is 10.2. The summed E-state index contributed by atoms with van der Waals surface area (Å²) in [4.78, 5) is 33.3. The van der Waals surface area contributed by atoms with Crippen molar-refractivity contribution in [1.82, 2.24) is 9.88 Å². The van der Waals surface area contributed by atoms with Gasteiger partial charge in [0.2, 0.25) is 0 Å². The summed E-state index contributed by atoms with van der Waals surface area (Å²) in [6.07, 6.45) is 0.330. The van der Waals surface area contributed by atoms with E-state index in [2.05, 4.69) is 5.32 Å². The number of aromatic nitrogens is 1. The van der Waals surface area contributed by atoms with Gasteiger partial charge in [-0.15, -0.1) is 22.7 Å². The molecule has 10 heteroatoms. The van der Waals surface area contributed by atoms with Crippen molar-refractivity contribution in [2.45, 2.75) is 19.9 Å². The molecule has 1 aliphatic rings. The van der Waals surface area contributed by atoms with E-state index in [9.17, 15) is 9.59 Å². The fourth-order valence-corrected chi connectivity index (χ4v) is 6.59. The van der Waals surface area contributed by atoms with Gasteiger partial charge in [-0.3, -0.25) is 4.79 Å². The third-order valence-corrected chi connectivity index (χ3v) is 8.15. The number of benzene rings is 2. The standard InChI is InChI=1S/C26H25N3O5S2/c1-4-34-26(31)29-12-11-16-21(14-29)36-25(22(16)24-27-17-7-5-6-8-20(17)35-24)28-23(30)15-9-10-18(32-2)19(13-15)33-3/h5-10,13H,4,11-12,14H2,1-3H3,(H,28,30). The lowest BCUT2D eigenvalue weighted by Gasteiger charge is -2.26. The zero-order valence-electron chi connectivity index (χ0n) is 20.1. The Hall–Kier alpha value is -3.63. The van der Waals surface area contributed by atoms with E-state index in [1.807, 2.05) is 24.3 Å². The topological polar surface area (TPSA) is 90.0 Å².